The molecule has 1 aromatic carbocycles. The van der Waals surface area contributed by atoms with Crippen LogP contribution in [0.25, 0.3) is 11.8 Å². The van der Waals surface area contributed by atoms with Crippen molar-refractivity contribution in [2.75, 3.05) is 14.1 Å². The molecule has 4 fully saturated rings. The number of carbonyl (C=O) groups excluding carboxylic acids is 2. The quantitative estimate of drug-likeness (QED) is 0.473. The van der Waals surface area contributed by atoms with Crippen LogP contribution in [0.1, 0.15) is 64.6 Å². The van der Waals surface area contributed by atoms with Crippen molar-refractivity contribution in [1.82, 2.24) is 14.7 Å². The summed E-state index contributed by atoms with van der Waals surface area (Å²) in [7, 11) is 3.27. The summed E-state index contributed by atoms with van der Waals surface area (Å²) in [5.41, 5.74) is 1.94. The van der Waals surface area contributed by atoms with Gasteiger partial charge in [-0.15, -0.1) is 0 Å². The van der Waals surface area contributed by atoms with Crippen LogP contribution < -0.4 is 0 Å². The summed E-state index contributed by atoms with van der Waals surface area (Å²) in [5.74, 6) is -1.03. The van der Waals surface area contributed by atoms with Crippen LogP contribution in [0, 0.1) is 34.4 Å². The predicted molar refractivity (Wildman–Crippen MR) is 161 cm³/mol. The van der Waals surface area contributed by atoms with E-state index in [9.17, 15) is 19.1 Å². The standard InChI is InChI=1S/C33H40FN3O5S/c1-30(2)41-26-14-23-22-12-7-19-13-24-18(17-35-37(24)21-10-8-20(34)9-11-21)15-31(19,3)27(22)25(38)16-32(23,4)33(26,42-30)28(39)43-29(40)36(5)6/h8-11,13,17,22-23,25-27,38H,7,12,14-16H2,1-6H3/t22?,23?,25?,26-,27?,31?,32?,33?/m1/s1. The van der Waals surface area contributed by atoms with Crippen LogP contribution in [0.2, 0.25) is 0 Å². The van der Waals surface area contributed by atoms with Gasteiger partial charge in [0.25, 0.3) is 5.24 Å². The molecule has 10 heteroatoms. The second-order valence-corrected chi connectivity index (χ2v) is 15.3. The van der Waals surface area contributed by atoms with E-state index in [2.05, 4.69) is 25.0 Å². The number of rotatable bonds is 2. The minimum Gasteiger partial charge on any atom is -0.393 e. The molecular weight excluding hydrogens is 569 g/mol. The van der Waals surface area contributed by atoms with Gasteiger partial charge < -0.3 is 19.5 Å². The second-order valence-electron chi connectivity index (χ2n) is 14.4. The molecule has 1 N–H and O–H groups in total. The van der Waals surface area contributed by atoms with Crippen molar-refractivity contribution in [1.29, 1.82) is 0 Å². The smallest absolute Gasteiger partial charge is 0.288 e. The van der Waals surface area contributed by atoms with Gasteiger partial charge in [0.1, 0.15) is 5.82 Å². The van der Waals surface area contributed by atoms with Crippen molar-refractivity contribution in [3.63, 3.8) is 0 Å². The number of benzene rings is 1. The lowest BCUT2D eigenvalue weighted by Gasteiger charge is -2.60. The van der Waals surface area contributed by atoms with Gasteiger partial charge in [-0.1, -0.05) is 19.4 Å². The topological polar surface area (TPSA) is 93.9 Å². The highest BCUT2D eigenvalue weighted by Crippen LogP contribution is 2.71. The molecule has 2 aromatic rings. The third kappa shape index (κ3) is 4.02. The number of aromatic nitrogens is 2. The zero-order valence-corrected chi connectivity index (χ0v) is 26.4. The molecule has 230 valence electrons. The molecule has 7 rings (SSSR count). The summed E-state index contributed by atoms with van der Waals surface area (Å²) in [4.78, 5) is 28.3. The van der Waals surface area contributed by atoms with Crippen molar-refractivity contribution in [2.45, 2.75) is 83.4 Å². The molecule has 1 amide bonds. The van der Waals surface area contributed by atoms with Gasteiger partial charge in [0.05, 0.1) is 29.8 Å². The number of nitrogens with zero attached hydrogens (tertiary/aromatic N) is 3. The summed E-state index contributed by atoms with van der Waals surface area (Å²) in [6.07, 6.45) is 6.52. The van der Waals surface area contributed by atoms with E-state index in [0.29, 0.717) is 24.6 Å². The summed E-state index contributed by atoms with van der Waals surface area (Å²) >= 11 is 0.691. The Hall–Kier alpha value is -2.53. The number of fused-ring (bicyclic) bond motifs is 8. The number of hydrogen-bond acceptors (Lipinski definition) is 7. The molecule has 7 unspecified atom stereocenters. The maximum Gasteiger partial charge on any atom is 0.288 e. The Morgan fingerprint density at radius 2 is 1.88 bits per heavy atom. The Balaban J connectivity index is 1.24. The highest BCUT2D eigenvalue weighted by molar-refractivity contribution is 8.26. The highest BCUT2D eigenvalue weighted by Gasteiger charge is 2.77. The van der Waals surface area contributed by atoms with Crippen molar-refractivity contribution in [3.05, 3.63) is 53.1 Å². The van der Waals surface area contributed by atoms with Gasteiger partial charge in [-0.25, -0.2) is 9.07 Å². The number of aliphatic hydroxyl groups is 1. The van der Waals surface area contributed by atoms with E-state index >= 15 is 0 Å². The number of aliphatic hydroxyl groups excluding tert-OH is 1. The van der Waals surface area contributed by atoms with Crippen LogP contribution in [0.5, 0.6) is 0 Å². The molecule has 1 aromatic heterocycles. The fourth-order valence-corrected chi connectivity index (χ4v) is 10.6. The summed E-state index contributed by atoms with van der Waals surface area (Å²) in [5, 5.41) is 16.1. The number of ether oxygens (including phenoxy) is 2. The van der Waals surface area contributed by atoms with Gasteiger partial charge in [0, 0.05) is 31.3 Å². The van der Waals surface area contributed by atoms with E-state index in [-0.39, 0.29) is 39.3 Å². The average Bonchev–Trinajstić information content (AvgIpc) is 3.53. The predicted octanol–water partition coefficient (Wildman–Crippen LogP) is 5.61. The molecule has 1 aliphatic heterocycles. The van der Waals surface area contributed by atoms with E-state index in [0.717, 1.165) is 36.2 Å². The first-order valence-corrected chi connectivity index (χ1v) is 16.1. The fraction of sp³-hybridized carbons (Fsp3) is 0.606. The molecule has 43 heavy (non-hydrogen) atoms. The third-order valence-electron chi connectivity index (χ3n) is 11.3. The number of halogens is 1. The molecule has 0 bridgehead atoms. The van der Waals surface area contributed by atoms with Gasteiger partial charge in [-0.2, -0.15) is 5.10 Å². The Morgan fingerprint density at radius 1 is 1.16 bits per heavy atom. The Kier molecular flexibility index (Phi) is 6.44. The summed E-state index contributed by atoms with van der Waals surface area (Å²) < 4.78 is 28.5. The molecule has 8 nitrogen and oxygen atoms in total. The minimum absolute atomic E-state index is 0.0112. The molecule has 2 heterocycles. The first kappa shape index (κ1) is 29.2. The summed E-state index contributed by atoms with van der Waals surface area (Å²) in [6, 6.07) is 6.37. The SMILES string of the molecule is CN(C)C(=O)SC(=O)C12OC(C)(C)O[C@@H]1CC1C3CCC4=Cc5c(cnn5-c5ccc(F)cc5)CC4(C)C3C(O)CC12C. The number of hydrogen-bond donors (Lipinski definition) is 1. The fourth-order valence-electron chi connectivity index (χ4n) is 9.67. The van der Waals surface area contributed by atoms with Crippen LogP contribution >= 0.6 is 11.8 Å². The van der Waals surface area contributed by atoms with Crippen LogP contribution in [0.3, 0.4) is 0 Å². The molecule has 8 atom stereocenters. The van der Waals surface area contributed by atoms with E-state index in [1.54, 1.807) is 26.2 Å². The van der Waals surface area contributed by atoms with Gasteiger partial charge in [-0.05, 0) is 105 Å². The number of amides is 1. The monoisotopic (exact) mass is 609 g/mol. The van der Waals surface area contributed by atoms with Gasteiger partial charge >= 0.3 is 0 Å². The van der Waals surface area contributed by atoms with Gasteiger partial charge in [0.2, 0.25) is 5.12 Å². The zero-order valence-electron chi connectivity index (χ0n) is 25.6. The lowest BCUT2D eigenvalue weighted by molar-refractivity contribution is -0.222. The van der Waals surface area contributed by atoms with Crippen LogP contribution in [-0.4, -0.2) is 67.8 Å². The Bertz CT molecular complexity index is 1540. The van der Waals surface area contributed by atoms with Crippen LogP contribution in [0.4, 0.5) is 9.18 Å². The molecule has 1 saturated heterocycles. The Morgan fingerprint density at radius 3 is 2.58 bits per heavy atom. The van der Waals surface area contributed by atoms with Crippen molar-refractivity contribution in [2.24, 2.45) is 28.6 Å². The number of allylic oxidation sites excluding steroid dienone is 1. The molecule has 4 aliphatic carbocycles. The third-order valence-corrected chi connectivity index (χ3v) is 12.4. The molecular formula is C33H40FN3O5S. The summed E-state index contributed by atoms with van der Waals surface area (Å²) in [6.45, 7) is 8.01. The van der Waals surface area contributed by atoms with Crippen LogP contribution in [0.15, 0.2) is 36.0 Å². The average molecular weight is 610 g/mol. The maximum atomic E-state index is 14.1. The lowest BCUT2D eigenvalue weighted by atomic mass is 9.45. The first-order valence-electron chi connectivity index (χ1n) is 15.2. The minimum atomic E-state index is -1.32. The van der Waals surface area contributed by atoms with E-state index in [1.165, 1.54) is 22.6 Å². The van der Waals surface area contributed by atoms with E-state index in [4.69, 9.17) is 9.47 Å². The normalized spacial score (nSPS) is 38.7. The lowest BCUT2D eigenvalue weighted by Crippen LogP contribution is -2.63. The van der Waals surface area contributed by atoms with Crippen molar-refractivity contribution < 1.29 is 28.6 Å². The van der Waals surface area contributed by atoms with Crippen molar-refractivity contribution in [3.8, 4) is 5.69 Å². The van der Waals surface area contributed by atoms with Gasteiger partial charge in [0.15, 0.2) is 11.4 Å². The zero-order chi connectivity index (χ0) is 30.7. The Labute approximate surface area is 256 Å². The van der Waals surface area contributed by atoms with E-state index < -0.39 is 29.0 Å². The van der Waals surface area contributed by atoms with Crippen LogP contribution in [-0.2, 0) is 20.7 Å². The van der Waals surface area contributed by atoms with Crippen molar-refractivity contribution >= 4 is 28.2 Å². The first-order chi connectivity index (χ1) is 20.2. The highest BCUT2D eigenvalue weighted by atomic mass is 32.2. The van der Waals surface area contributed by atoms with E-state index in [1.807, 2.05) is 24.7 Å². The second kappa shape index (κ2) is 9.49. The molecule has 5 aliphatic rings. The molecule has 0 radical (unpaired) electrons. The largest absolute Gasteiger partial charge is 0.393 e. The number of carbonyl (C=O) groups is 2. The van der Waals surface area contributed by atoms with Gasteiger partial charge in [-0.3, -0.25) is 9.59 Å². The maximum absolute atomic E-state index is 14.1. The number of thioether (sulfide) groups is 1. The molecule has 3 saturated carbocycles. The molecule has 0 spiro atoms.